The molecule has 5 heteroatoms. The Balaban J connectivity index is 1.97. The van der Waals surface area contributed by atoms with Gasteiger partial charge in [0.25, 0.3) is 0 Å². The molecule has 2 amide bonds. The summed E-state index contributed by atoms with van der Waals surface area (Å²) in [6.45, 7) is 10.1. The number of ether oxygens (including phenoxy) is 1. The molecule has 0 spiro atoms. The van der Waals surface area contributed by atoms with Gasteiger partial charge in [-0.05, 0) is 69.4 Å². The minimum Gasteiger partial charge on any atom is -0.444 e. The van der Waals surface area contributed by atoms with E-state index in [0.29, 0.717) is 18.5 Å². The maximum absolute atomic E-state index is 13.1. The van der Waals surface area contributed by atoms with Crippen LogP contribution in [0.3, 0.4) is 0 Å². The molecule has 3 rings (SSSR count). The number of rotatable bonds is 4. The molecule has 5 nitrogen and oxygen atoms in total. The van der Waals surface area contributed by atoms with Gasteiger partial charge in [0.1, 0.15) is 5.60 Å². The van der Waals surface area contributed by atoms with E-state index in [4.69, 9.17) is 4.74 Å². The Kier molecular flexibility index (Phi) is 6.84. The van der Waals surface area contributed by atoms with Gasteiger partial charge >= 0.3 is 6.09 Å². The van der Waals surface area contributed by atoms with Crippen LogP contribution in [0.5, 0.6) is 0 Å². The van der Waals surface area contributed by atoms with Crippen molar-refractivity contribution in [2.24, 2.45) is 0 Å². The summed E-state index contributed by atoms with van der Waals surface area (Å²) < 4.78 is 5.54. The van der Waals surface area contributed by atoms with E-state index in [1.165, 1.54) is 0 Å². The predicted molar refractivity (Wildman–Crippen MR) is 125 cm³/mol. The van der Waals surface area contributed by atoms with Gasteiger partial charge in [-0.3, -0.25) is 4.79 Å². The van der Waals surface area contributed by atoms with Crippen molar-refractivity contribution in [3.63, 3.8) is 0 Å². The van der Waals surface area contributed by atoms with Crippen molar-refractivity contribution in [3.05, 3.63) is 65.7 Å². The molecular weight excluding hydrogens is 388 g/mol. The van der Waals surface area contributed by atoms with E-state index in [0.717, 1.165) is 22.3 Å². The molecule has 1 aliphatic rings. The number of nitrogens with zero attached hydrogens (tertiary/aromatic N) is 1. The third-order valence-corrected chi connectivity index (χ3v) is 5.01. The summed E-state index contributed by atoms with van der Waals surface area (Å²) in [5.41, 5.74) is 4.27. The number of hydrogen-bond acceptors (Lipinski definition) is 3. The van der Waals surface area contributed by atoms with Gasteiger partial charge in [-0.15, -0.1) is 0 Å². The van der Waals surface area contributed by atoms with Crippen LogP contribution in [0.4, 0.5) is 4.79 Å². The predicted octanol–water partition coefficient (Wildman–Crippen LogP) is 5.27. The summed E-state index contributed by atoms with van der Waals surface area (Å²) in [6, 6.07) is 18.4. The van der Waals surface area contributed by atoms with Crippen LogP contribution in [0.1, 0.15) is 46.6 Å². The maximum Gasteiger partial charge on any atom is 0.410 e. The topological polar surface area (TPSA) is 58.6 Å². The van der Waals surface area contributed by atoms with Crippen LogP contribution < -0.4 is 5.32 Å². The lowest BCUT2D eigenvalue weighted by molar-refractivity contribution is -0.118. The van der Waals surface area contributed by atoms with Crippen molar-refractivity contribution in [2.75, 3.05) is 13.1 Å². The molecule has 0 bridgehead atoms. The first-order valence-electron chi connectivity index (χ1n) is 10.8. The van der Waals surface area contributed by atoms with Crippen molar-refractivity contribution in [1.82, 2.24) is 10.2 Å². The second-order valence-corrected chi connectivity index (χ2v) is 9.18. The fourth-order valence-corrected chi connectivity index (χ4v) is 3.64. The third-order valence-electron chi connectivity index (χ3n) is 5.01. The van der Waals surface area contributed by atoms with E-state index in [1.54, 1.807) is 4.90 Å². The Labute approximate surface area is 185 Å². The summed E-state index contributed by atoms with van der Waals surface area (Å²) in [6.07, 6.45) is 0.206. The van der Waals surface area contributed by atoms with E-state index in [9.17, 15) is 9.59 Å². The molecule has 31 heavy (non-hydrogen) atoms. The Bertz CT molecular complexity index is 972. The largest absolute Gasteiger partial charge is 0.444 e. The number of nitrogens with one attached hydrogen (secondary N) is 1. The zero-order valence-electron chi connectivity index (χ0n) is 19.1. The zero-order valence-corrected chi connectivity index (χ0v) is 19.1. The fraction of sp³-hybridized carbons (Fsp3) is 0.385. The van der Waals surface area contributed by atoms with Crippen LogP contribution >= 0.6 is 0 Å². The highest BCUT2D eigenvalue weighted by Crippen LogP contribution is 2.31. The molecule has 0 aliphatic carbocycles. The summed E-state index contributed by atoms with van der Waals surface area (Å²) in [5.74, 6) is -0.136. The normalized spacial score (nSPS) is 14.6. The lowest BCUT2D eigenvalue weighted by Crippen LogP contribution is -2.44. The lowest BCUT2D eigenvalue weighted by Gasteiger charge is -2.32. The molecule has 1 heterocycles. The number of amides is 2. The van der Waals surface area contributed by atoms with E-state index in [2.05, 4.69) is 29.6 Å². The van der Waals surface area contributed by atoms with Gasteiger partial charge < -0.3 is 15.0 Å². The van der Waals surface area contributed by atoms with Gasteiger partial charge in [-0.1, -0.05) is 48.5 Å². The van der Waals surface area contributed by atoms with Crippen LogP contribution in [0, 0.1) is 0 Å². The van der Waals surface area contributed by atoms with Crippen molar-refractivity contribution in [1.29, 1.82) is 0 Å². The molecule has 0 unspecified atom stereocenters. The molecule has 2 aromatic rings. The van der Waals surface area contributed by atoms with Crippen LogP contribution in [0.15, 0.2) is 60.2 Å². The number of hydrogen-bond donors (Lipinski definition) is 1. The number of benzene rings is 2. The van der Waals surface area contributed by atoms with Gasteiger partial charge in [0, 0.05) is 18.2 Å². The van der Waals surface area contributed by atoms with E-state index < -0.39 is 5.60 Å². The smallest absolute Gasteiger partial charge is 0.410 e. The second-order valence-electron chi connectivity index (χ2n) is 9.18. The molecular formula is C26H32N2O3. The molecule has 1 N–H and O–H groups in total. The summed E-state index contributed by atoms with van der Waals surface area (Å²) in [7, 11) is 0. The highest BCUT2D eigenvalue weighted by molar-refractivity contribution is 6.03. The van der Waals surface area contributed by atoms with Crippen molar-refractivity contribution >= 4 is 17.6 Å². The zero-order chi connectivity index (χ0) is 22.6. The minimum atomic E-state index is -0.578. The van der Waals surface area contributed by atoms with Gasteiger partial charge in [-0.25, -0.2) is 4.79 Å². The monoisotopic (exact) mass is 420 g/mol. The standard InChI is InChI=1S/C26H32N2O3/c1-18(2)27-24(29)23-17-28(25(30)31-26(3,4)5)15-14-22(23)21-13-9-12-20(16-21)19-10-7-6-8-11-19/h6-13,16,18H,14-15,17H2,1-5H3,(H,27,29). The Morgan fingerprint density at radius 3 is 2.26 bits per heavy atom. The Hall–Kier alpha value is -3.08. The van der Waals surface area contributed by atoms with Crippen molar-refractivity contribution in [3.8, 4) is 11.1 Å². The van der Waals surface area contributed by atoms with Crippen molar-refractivity contribution in [2.45, 2.75) is 52.7 Å². The van der Waals surface area contributed by atoms with Gasteiger partial charge in [0.05, 0.1) is 6.54 Å². The molecule has 2 aromatic carbocycles. The first kappa shape index (κ1) is 22.6. The highest BCUT2D eigenvalue weighted by Gasteiger charge is 2.30. The molecule has 0 aromatic heterocycles. The molecule has 1 aliphatic heterocycles. The average Bonchev–Trinajstić information content (AvgIpc) is 2.72. The highest BCUT2D eigenvalue weighted by atomic mass is 16.6. The quantitative estimate of drug-likeness (QED) is 0.733. The van der Waals surface area contributed by atoms with Crippen LogP contribution in [0.2, 0.25) is 0 Å². The molecule has 0 saturated heterocycles. The van der Waals surface area contributed by atoms with Crippen molar-refractivity contribution < 1.29 is 14.3 Å². The Morgan fingerprint density at radius 2 is 1.61 bits per heavy atom. The molecule has 164 valence electrons. The number of carbonyl (C=O) groups is 2. The fourth-order valence-electron chi connectivity index (χ4n) is 3.64. The SMILES string of the molecule is CC(C)NC(=O)C1=C(c2cccc(-c3ccccc3)c2)CCN(C(=O)OC(C)(C)C)C1. The summed E-state index contributed by atoms with van der Waals surface area (Å²) in [4.78, 5) is 27.3. The van der Waals surface area contributed by atoms with Gasteiger partial charge in [0.15, 0.2) is 0 Å². The average molecular weight is 421 g/mol. The lowest BCUT2D eigenvalue weighted by atomic mass is 9.91. The van der Waals surface area contributed by atoms with E-state index in [1.807, 2.05) is 65.0 Å². The molecule has 0 saturated carbocycles. The molecule has 0 fully saturated rings. The maximum atomic E-state index is 13.1. The first-order valence-corrected chi connectivity index (χ1v) is 10.8. The van der Waals surface area contributed by atoms with Gasteiger partial charge in [-0.2, -0.15) is 0 Å². The van der Waals surface area contributed by atoms with E-state index in [-0.39, 0.29) is 24.6 Å². The minimum absolute atomic E-state index is 0.00815. The Morgan fingerprint density at radius 1 is 0.968 bits per heavy atom. The first-order chi connectivity index (χ1) is 14.6. The summed E-state index contributed by atoms with van der Waals surface area (Å²) >= 11 is 0. The second kappa shape index (κ2) is 9.38. The number of carbonyl (C=O) groups excluding carboxylic acids is 2. The van der Waals surface area contributed by atoms with Crippen LogP contribution in [-0.2, 0) is 9.53 Å². The van der Waals surface area contributed by atoms with Crippen LogP contribution in [0.25, 0.3) is 16.7 Å². The molecule has 0 radical (unpaired) electrons. The van der Waals surface area contributed by atoms with Gasteiger partial charge in [0.2, 0.25) is 5.91 Å². The van der Waals surface area contributed by atoms with E-state index >= 15 is 0 Å². The summed E-state index contributed by atoms with van der Waals surface area (Å²) in [5, 5.41) is 2.99. The van der Waals surface area contributed by atoms with Crippen LogP contribution in [-0.4, -0.2) is 41.6 Å². The molecule has 0 atom stereocenters. The third kappa shape index (κ3) is 5.97.